The maximum Gasteiger partial charge on any atom is 0.233 e. The van der Waals surface area contributed by atoms with Gasteiger partial charge in [-0.3, -0.25) is 4.79 Å². The van der Waals surface area contributed by atoms with E-state index in [2.05, 4.69) is 24.0 Å². The highest BCUT2D eigenvalue weighted by Gasteiger charge is 2.26. The molecule has 6 nitrogen and oxygen atoms in total. The molecule has 2 aromatic rings. The summed E-state index contributed by atoms with van der Waals surface area (Å²) in [6, 6.07) is 6.25. The summed E-state index contributed by atoms with van der Waals surface area (Å²) in [6.07, 6.45) is 1.15. The summed E-state index contributed by atoms with van der Waals surface area (Å²) in [5.74, 6) is 7.17. The predicted octanol–water partition coefficient (Wildman–Crippen LogP) is 2.39. The first-order valence-corrected chi connectivity index (χ1v) is 9.30. The highest BCUT2D eigenvalue weighted by atomic mass is 32.2. The number of likely N-dealkylation sites (tertiary alicyclic amines) is 1. The van der Waals surface area contributed by atoms with Gasteiger partial charge in [0.05, 0.1) is 11.3 Å². The van der Waals surface area contributed by atoms with E-state index in [1.54, 1.807) is 18.2 Å². The molecule has 25 heavy (non-hydrogen) atoms. The number of piperidine rings is 1. The van der Waals surface area contributed by atoms with Gasteiger partial charge in [0.15, 0.2) is 5.82 Å². The molecular formula is C17H22FN5OS. The number of amides is 1. The second kappa shape index (κ2) is 7.43. The summed E-state index contributed by atoms with van der Waals surface area (Å²) in [6.45, 7) is 5.92. The fraction of sp³-hybridized carbons (Fsp3) is 0.471. The second-order valence-corrected chi connectivity index (χ2v) is 7.63. The number of hydrogen-bond acceptors (Lipinski definition) is 5. The van der Waals surface area contributed by atoms with E-state index in [0.29, 0.717) is 17.0 Å². The largest absolute Gasteiger partial charge is 0.341 e. The highest BCUT2D eigenvalue weighted by molar-refractivity contribution is 7.99. The third kappa shape index (κ3) is 3.95. The summed E-state index contributed by atoms with van der Waals surface area (Å²) in [5.41, 5.74) is 0.286. The Kier molecular flexibility index (Phi) is 5.27. The van der Waals surface area contributed by atoms with Crippen molar-refractivity contribution in [2.24, 2.45) is 11.8 Å². The van der Waals surface area contributed by atoms with Crippen molar-refractivity contribution in [2.45, 2.75) is 25.4 Å². The van der Waals surface area contributed by atoms with Crippen LogP contribution in [0.4, 0.5) is 4.39 Å². The van der Waals surface area contributed by atoms with Crippen molar-refractivity contribution in [1.29, 1.82) is 0 Å². The summed E-state index contributed by atoms with van der Waals surface area (Å²) < 4.78 is 15.1. The number of benzene rings is 1. The molecule has 1 saturated heterocycles. The first kappa shape index (κ1) is 17.7. The Morgan fingerprint density at radius 2 is 1.96 bits per heavy atom. The van der Waals surface area contributed by atoms with E-state index in [1.807, 2.05) is 4.90 Å². The molecule has 0 radical (unpaired) electrons. The van der Waals surface area contributed by atoms with Gasteiger partial charge in [-0.25, -0.2) is 9.07 Å². The molecule has 8 heteroatoms. The molecule has 0 bridgehead atoms. The monoisotopic (exact) mass is 363 g/mol. The van der Waals surface area contributed by atoms with Crippen LogP contribution in [0.2, 0.25) is 0 Å². The number of hydrogen-bond donors (Lipinski definition) is 1. The van der Waals surface area contributed by atoms with Crippen LogP contribution in [0, 0.1) is 17.7 Å². The Hall–Kier alpha value is -2.09. The molecule has 1 aromatic heterocycles. The van der Waals surface area contributed by atoms with Crippen molar-refractivity contribution >= 4 is 17.7 Å². The Bertz CT molecular complexity index is 755. The lowest BCUT2D eigenvalue weighted by Crippen LogP contribution is -2.43. The zero-order valence-corrected chi connectivity index (χ0v) is 15.2. The Labute approximate surface area is 150 Å². The average Bonchev–Trinajstić information content (AvgIpc) is 2.93. The van der Waals surface area contributed by atoms with Crippen LogP contribution in [0.25, 0.3) is 11.4 Å². The first-order valence-electron chi connectivity index (χ1n) is 8.31. The minimum Gasteiger partial charge on any atom is -0.341 e. The van der Waals surface area contributed by atoms with Gasteiger partial charge in [-0.1, -0.05) is 37.7 Å². The summed E-state index contributed by atoms with van der Waals surface area (Å²) in [5, 5.41) is 8.35. The number of carbonyl (C=O) groups excluding carboxylic acids is 1. The van der Waals surface area contributed by atoms with Gasteiger partial charge in [0.2, 0.25) is 11.1 Å². The van der Waals surface area contributed by atoms with Gasteiger partial charge in [0.25, 0.3) is 0 Å². The van der Waals surface area contributed by atoms with E-state index in [-0.39, 0.29) is 23.0 Å². The molecule has 1 fully saturated rings. The molecule has 1 aliphatic heterocycles. The molecule has 134 valence electrons. The molecule has 0 unspecified atom stereocenters. The zero-order chi connectivity index (χ0) is 18.0. The molecule has 0 spiro atoms. The lowest BCUT2D eigenvalue weighted by Gasteiger charge is -2.34. The SMILES string of the molecule is C[C@@H]1C[C@H](C)CN(C(=O)CSc2nnc(-c3ccccc3F)n2N)C1. The van der Waals surface area contributed by atoms with E-state index < -0.39 is 5.82 Å². The van der Waals surface area contributed by atoms with Gasteiger partial charge >= 0.3 is 0 Å². The molecule has 1 aliphatic rings. The Morgan fingerprint density at radius 1 is 1.28 bits per heavy atom. The number of nitrogens with zero attached hydrogens (tertiary/aromatic N) is 4. The molecule has 2 atom stereocenters. The number of carbonyl (C=O) groups is 1. The maximum atomic E-state index is 13.9. The molecule has 1 amide bonds. The molecule has 2 heterocycles. The fourth-order valence-corrected chi connectivity index (χ4v) is 4.05. The second-order valence-electron chi connectivity index (χ2n) is 6.69. The van der Waals surface area contributed by atoms with E-state index >= 15 is 0 Å². The first-order chi connectivity index (χ1) is 12.0. The van der Waals surface area contributed by atoms with Crippen LogP contribution < -0.4 is 5.84 Å². The van der Waals surface area contributed by atoms with Crippen LogP contribution in [-0.2, 0) is 4.79 Å². The van der Waals surface area contributed by atoms with E-state index in [9.17, 15) is 9.18 Å². The standard InChI is InChI=1S/C17H22FN5OS/c1-11-7-12(2)9-22(8-11)15(24)10-25-17-21-20-16(23(17)19)13-5-3-4-6-14(13)18/h3-6,11-12H,7-10,19H2,1-2H3/t11-,12+. The maximum absolute atomic E-state index is 13.9. The lowest BCUT2D eigenvalue weighted by molar-refractivity contribution is -0.130. The zero-order valence-electron chi connectivity index (χ0n) is 14.4. The van der Waals surface area contributed by atoms with E-state index in [0.717, 1.165) is 19.5 Å². The summed E-state index contributed by atoms with van der Waals surface area (Å²) >= 11 is 1.22. The van der Waals surface area contributed by atoms with Crippen molar-refractivity contribution in [2.75, 3.05) is 24.7 Å². The molecule has 3 rings (SSSR count). The highest BCUT2D eigenvalue weighted by Crippen LogP contribution is 2.25. The molecule has 0 saturated carbocycles. The fourth-order valence-electron chi connectivity index (χ4n) is 3.29. The number of nitrogens with two attached hydrogens (primary N) is 1. The third-order valence-electron chi connectivity index (χ3n) is 4.33. The van der Waals surface area contributed by atoms with Crippen LogP contribution in [-0.4, -0.2) is 44.5 Å². The van der Waals surface area contributed by atoms with Crippen molar-refractivity contribution in [3.8, 4) is 11.4 Å². The normalized spacial score (nSPS) is 20.7. The number of thioether (sulfide) groups is 1. The number of nitrogen functional groups attached to an aromatic ring is 1. The van der Waals surface area contributed by atoms with E-state index in [1.165, 1.54) is 22.5 Å². The molecule has 1 aromatic carbocycles. The number of halogens is 1. The van der Waals surface area contributed by atoms with Gasteiger partial charge in [0.1, 0.15) is 5.82 Å². The summed E-state index contributed by atoms with van der Waals surface area (Å²) in [7, 11) is 0. The van der Waals surface area contributed by atoms with Gasteiger partial charge in [-0.15, -0.1) is 10.2 Å². The van der Waals surface area contributed by atoms with Gasteiger partial charge in [-0.05, 0) is 30.4 Å². The lowest BCUT2D eigenvalue weighted by atomic mass is 9.92. The smallest absolute Gasteiger partial charge is 0.233 e. The van der Waals surface area contributed by atoms with Crippen molar-refractivity contribution in [3.05, 3.63) is 30.1 Å². The molecule has 0 aliphatic carbocycles. The minimum absolute atomic E-state index is 0.0684. The number of rotatable bonds is 4. The minimum atomic E-state index is -0.412. The van der Waals surface area contributed by atoms with Crippen LogP contribution in [0.3, 0.4) is 0 Å². The quantitative estimate of drug-likeness (QED) is 0.667. The van der Waals surface area contributed by atoms with Crippen molar-refractivity contribution in [3.63, 3.8) is 0 Å². The number of aromatic nitrogens is 3. The van der Waals surface area contributed by atoms with Crippen molar-refractivity contribution < 1.29 is 9.18 Å². The van der Waals surface area contributed by atoms with Crippen LogP contribution in [0.15, 0.2) is 29.4 Å². The summed E-state index contributed by atoms with van der Waals surface area (Å²) in [4.78, 5) is 14.4. The average molecular weight is 363 g/mol. The van der Waals surface area contributed by atoms with Gasteiger partial charge < -0.3 is 10.7 Å². The van der Waals surface area contributed by atoms with E-state index in [4.69, 9.17) is 5.84 Å². The molecule has 2 N–H and O–H groups in total. The van der Waals surface area contributed by atoms with Gasteiger partial charge in [0, 0.05) is 13.1 Å². The Balaban J connectivity index is 1.66. The van der Waals surface area contributed by atoms with Crippen LogP contribution in [0.5, 0.6) is 0 Å². The molecular weight excluding hydrogens is 341 g/mol. The Morgan fingerprint density at radius 3 is 2.64 bits per heavy atom. The van der Waals surface area contributed by atoms with Gasteiger partial charge in [-0.2, -0.15) is 0 Å². The van der Waals surface area contributed by atoms with Crippen LogP contribution >= 0.6 is 11.8 Å². The van der Waals surface area contributed by atoms with Crippen LogP contribution in [0.1, 0.15) is 20.3 Å². The van der Waals surface area contributed by atoms with Crippen molar-refractivity contribution in [1.82, 2.24) is 19.8 Å². The predicted molar refractivity (Wildman–Crippen MR) is 95.8 cm³/mol. The third-order valence-corrected chi connectivity index (χ3v) is 5.25. The topological polar surface area (TPSA) is 77.0 Å².